The second-order valence-corrected chi connectivity index (χ2v) is 5.66. The molecule has 0 radical (unpaired) electrons. The highest BCUT2D eigenvalue weighted by atomic mass is 127. The molecule has 132 valence electrons. The van der Waals surface area contributed by atoms with Gasteiger partial charge in [0.25, 0.3) is 0 Å². The summed E-state index contributed by atoms with van der Waals surface area (Å²) < 4.78 is 1.95. The maximum absolute atomic E-state index is 6.01. The molecule has 2 N–H and O–H groups in total. The minimum absolute atomic E-state index is 0. The zero-order valence-electron chi connectivity index (χ0n) is 13.8. The number of nitrogens with zero attached hydrogens (tertiary/aromatic N) is 4. The zero-order chi connectivity index (χ0) is 16.8. The Labute approximate surface area is 168 Å². The summed E-state index contributed by atoms with van der Waals surface area (Å²) in [6.07, 6.45) is 1.95. The number of fused-ring (bicyclic) bond motifs is 1. The molecule has 6 nitrogen and oxygen atoms in total. The molecular weight excluding hydrogens is 451 g/mol. The van der Waals surface area contributed by atoms with Gasteiger partial charge in [0, 0.05) is 17.8 Å². The van der Waals surface area contributed by atoms with Crippen LogP contribution in [0.2, 0.25) is 5.02 Å². The monoisotopic (exact) mass is 470 g/mol. The van der Waals surface area contributed by atoms with Crippen molar-refractivity contribution < 1.29 is 0 Å². The Balaban J connectivity index is 0.00000225. The Morgan fingerprint density at radius 3 is 2.84 bits per heavy atom. The number of halogens is 2. The summed E-state index contributed by atoms with van der Waals surface area (Å²) in [6.45, 7) is 3.90. The van der Waals surface area contributed by atoms with Gasteiger partial charge in [-0.3, -0.25) is 4.40 Å². The lowest BCUT2D eigenvalue weighted by Gasteiger charge is -2.10. The highest BCUT2D eigenvalue weighted by Crippen LogP contribution is 2.11. The van der Waals surface area contributed by atoms with Crippen LogP contribution in [-0.4, -0.2) is 27.1 Å². The van der Waals surface area contributed by atoms with E-state index in [1.165, 1.54) is 0 Å². The first-order chi connectivity index (χ1) is 11.8. The zero-order valence-corrected chi connectivity index (χ0v) is 16.9. The number of rotatable bonds is 5. The summed E-state index contributed by atoms with van der Waals surface area (Å²) in [5.41, 5.74) is 1.89. The van der Waals surface area contributed by atoms with Crippen LogP contribution in [0.5, 0.6) is 0 Å². The number of aromatic nitrogens is 3. The topological polar surface area (TPSA) is 66.6 Å². The van der Waals surface area contributed by atoms with Crippen molar-refractivity contribution in [3.05, 3.63) is 65.1 Å². The number of guanidine groups is 1. The van der Waals surface area contributed by atoms with E-state index < -0.39 is 0 Å². The number of benzene rings is 1. The molecule has 0 spiro atoms. The second kappa shape index (κ2) is 9.57. The predicted molar refractivity (Wildman–Crippen MR) is 112 cm³/mol. The molecule has 0 fully saturated rings. The van der Waals surface area contributed by atoms with E-state index in [9.17, 15) is 0 Å². The van der Waals surface area contributed by atoms with E-state index in [1.54, 1.807) is 0 Å². The van der Waals surface area contributed by atoms with Crippen LogP contribution in [0.1, 0.15) is 18.3 Å². The van der Waals surface area contributed by atoms with Gasteiger partial charge >= 0.3 is 0 Å². The van der Waals surface area contributed by atoms with Gasteiger partial charge in [-0.2, -0.15) is 0 Å². The maximum atomic E-state index is 6.01. The Morgan fingerprint density at radius 2 is 2.04 bits per heavy atom. The van der Waals surface area contributed by atoms with E-state index in [4.69, 9.17) is 11.6 Å². The lowest BCUT2D eigenvalue weighted by atomic mass is 10.2. The molecular formula is C17H20ClIN6. The maximum Gasteiger partial charge on any atom is 0.191 e. The van der Waals surface area contributed by atoms with E-state index in [1.807, 2.05) is 60.0 Å². The van der Waals surface area contributed by atoms with E-state index in [0.717, 1.165) is 34.6 Å². The Bertz CT molecular complexity index is 848. The summed E-state index contributed by atoms with van der Waals surface area (Å²) in [4.78, 5) is 4.58. The Kier molecular flexibility index (Phi) is 7.45. The minimum atomic E-state index is 0. The number of nitrogens with one attached hydrogen (secondary N) is 2. The first-order valence-corrected chi connectivity index (χ1v) is 8.19. The quantitative estimate of drug-likeness (QED) is 0.341. The molecule has 1 aromatic carbocycles. The average molecular weight is 471 g/mol. The second-order valence-electron chi connectivity index (χ2n) is 5.22. The molecule has 0 saturated carbocycles. The van der Waals surface area contributed by atoms with Crippen molar-refractivity contribution in [1.29, 1.82) is 0 Å². The summed E-state index contributed by atoms with van der Waals surface area (Å²) >= 11 is 6.01. The van der Waals surface area contributed by atoms with E-state index >= 15 is 0 Å². The lowest BCUT2D eigenvalue weighted by molar-refractivity contribution is 0.765. The van der Waals surface area contributed by atoms with Crippen LogP contribution in [0.4, 0.5) is 0 Å². The van der Waals surface area contributed by atoms with Crippen molar-refractivity contribution in [3.8, 4) is 0 Å². The molecule has 0 saturated heterocycles. The van der Waals surface area contributed by atoms with Crippen LogP contribution >= 0.6 is 35.6 Å². The van der Waals surface area contributed by atoms with Crippen LogP contribution in [0.15, 0.2) is 53.7 Å². The van der Waals surface area contributed by atoms with Crippen LogP contribution in [0.3, 0.4) is 0 Å². The molecule has 8 heteroatoms. The van der Waals surface area contributed by atoms with Crippen molar-refractivity contribution in [2.75, 3.05) is 6.54 Å². The fourth-order valence-electron chi connectivity index (χ4n) is 2.32. The van der Waals surface area contributed by atoms with Crippen molar-refractivity contribution in [3.63, 3.8) is 0 Å². The van der Waals surface area contributed by atoms with Gasteiger partial charge in [-0.1, -0.05) is 29.8 Å². The molecule has 0 bridgehead atoms. The number of hydrogen-bond acceptors (Lipinski definition) is 3. The summed E-state index contributed by atoms with van der Waals surface area (Å²) in [7, 11) is 0. The van der Waals surface area contributed by atoms with Gasteiger partial charge in [0.05, 0.1) is 13.1 Å². The molecule has 0 aliphatic carbocycles. The van der Waals surface area contributed by atoms with Crippen molar-refractivity contribution in [2.45, 2.75) is 20.0 Å². The molecule has 0 aliphatic heterocycles. The molecule has 0 aliphatic rings. The highest BCUT2D eigenvalue weighted by Gasteiger charge is 2.05. The molecule has 0 atom stereocenters. The predicted octanol–water partition coefficient (Wildman–Crippen LogP) is 3.26. The lowest BCUT2D eigenvalue weighted by Crippen LogP contribution is -2.37. The van der Waals surface area contributed by atoms with Gasteiger partial charge in [-0.15, -0.1) is 34.2 Å². The van der Waals surface area contributed by atoms with Gasteiger partial charge in [0.15, 0.2) is 17.4 Å². The fraction of sp³-hybridized carbons (Fsp3) is 0.235. The normalized spacial score (nSPS) is 11.2. The summed E-state index contributed by atoms with van der Waals surface area (Å²) in [5, 5.41) is 15.6. The number of hydrogen-bond donors (Lipinski definition) is 2. The van der Waals surface area contributed by atoms with Crippen molar-refractivity contribution in [2.24, 2.45) is 4.99 Å². The number of aliphatic imine (C=N–C) groups is 1. The third-order valence-corrected chi connectivity index (χ3v) is 3.69. The molecule has 2 aromatic heterocycles. The molecule has 3 rings (SSSR count). The van der Waals surface area contributed by atoms with Gasteiger partial charge in [-0.05, 0) is 36.8 Å². The average Bonchev–Trinajstić information content (AvgIpc) is 3.01. The third-order valence-electron chi connectivity index (χ3n) is 3.45. The third kappa shape index (κ3) is 5.30. The minimum Gasteiger partial charge on any atom is -0.357 e. The van der Waals surface area contributed by atoms with E-state index in [-0.39, 0.29) is 24.0 Å². The van der Waals surface area contributed by atoms with Crippen molar-refractivity contribution >= 4 is 47.2 Å². The Hall–Kier alpha value is -1.87. The summed E-state index contributed by atoms with van der Waals surface area (Å²) in [6, 6.07) is 13.5. The van der Waals surface area contributed by atoms with Crippen LogP contribution in [-0.2, 0) is 13.1 Å². The van der Waals surface area contributed by atoms with Gasteiger partial charge < -0.3 is 10.6 Å². The van der Waals surface area contributed by atoms with Gasteiger partial charge in [0.1, 0.15) is 0 Å². The molecule has 0 amide bonds. The van der Waals surface area contributed by atoms with Crippen molar-refractivity contribution in [1.82, 2.24) is 25.2 Å². The molecule has 3 aromatic rings. The fourth-order valence-corrected chi connectivity index (χ4v) is 2.53. The van der Waals surface area contributed by atoms with Gasteiger partial charge in [0.2, 0.25) is 0 Å². The first-order valence-electron chi connectivity index (χ1n) is 7.81. The van der Waals surface area contributed by atoms with Crippen LogP contribution in [0, 0.1) is 0 Å². The molecule has 0 unspecified atom stereocenters. The summed E-state index contributed by atoms with van der Waals surface area (Å²) in [5.74, 6) is 1.56. The van der Waals surface area contributed by atoms with Gasteiger partial charge in [-0.25, -0.2) is 4.99 Å². The first kappa shape index (κ1) is 19.5. The molecule has 25 heavy (non-hydrogen) atoms. The highest BCUT2D eigenvalue weighted by molar-refractivity contribution is 14.0. The Morgan fingerprint density at radius 1 is 1.16 bits per heavy atom. The smallest absolute Gasteiger partial charge is 0.191 e. The standard InChI is InChI=1S/C17H19ClN6.HI/c1-2-19-17(20-11-13-6-5-7-14(18)10-13)21-12-16-23-22-15-8-3-4-9-24(15)16;/h3-10H,2,11-12H2,1H3,(H2,19,20,21);1H. The number of pyridine rings is 1. The van der Waals surface area contributed by atoms with E-state index in [2.05, 4.69) is 25.8 Å². The SMILES string of the molecule is CCNC(=NCc1cccc(Cl)c1)NCc1nnc2ccccn12.I. The molecule has 2 heterocycles. The largest absolute Gasteiger partial charge is 0.357 e. The van der Waals surface area contributed by atoms with Crippen LogP contribution in [0.25, 0.3) is 5.65 Å². The van der Waals surface area contributed by atoms with E-state index in [0.29, 0.717) is 13.1 Å². The van der Waals surface area contributed by atoms with Crippen LogP contribution < -0.4 is 10.6 Å².